The van der Waals surface area contributed by atoms with Gasteiger partial charge in [0.25, 0.3) is 0 Å². The highest BCUT2D eigenvalue weighted by atomic mass is 35.5. The molecule has 0 aromatic rings. The number of hydrogen-bond acceptors (Lipinski definition) is 1. The molecule has 0 radical (unpaired) electrons. The first kappa shape index (κ1) is 8.83. The van der Waals surface area contributed by atoms with E-state index in [4.69, 9.17) is 34.8 Å². The maximum atomic E-state index is 5.61. The van der Waals surface area contributed by atoms with Gasteiger partial charge in [-0.05, 0) is 14.1 Å². The van der Waals surface area contributed by atoms with Gasteiger partial charge in [-0.15, -0.1) is 11.6 Å². The highest BCUT2D eigenvalue weighted by Gasteiger charge is 2.24. The molecule has 0 bridgehead atoms. The molecule has 0 aromatic carbocycles. The van der Waals surface area contributed by atoms with E-state index in [0.717, 1.165) is 0 Å². The predicted molar refractivity (Wildman–Crippen MR) is 38.8 cm³/mol. The summed E-state index contributed by atoms with van der Waals surface area (Å²) >= 11 is 16.6. The Morgan fingerprint density at radius 3 is 1.75 bits per heavy atom. The third-order valence-electron chi connectivity index (χ3n) is 0.815. The van der Waals surface area contributed by atoms with E-state index in [9.17, 15) is 0 Å². The van der Waals surface area contributed by atoms with E-state index in [-0.39, 0.29) is 5.88 Å². The zero-order chi connectivity index (χ0) is 6.78. The average Bonchev–Trinajstić information content (AvgIpc) is 1.67. The summed E-state index contributed by atoms with van der Waals surface area (Å²) in [5.41, 5.74) is 0. The Balaban J connectivity index is 3.71. The standard InChI is InChI=1S/C4H8Cl3N/c1-8(2)4(6,7)3-5/h3H2,1-2H3. The van der Waals surface area contributed by atoms with E-state index in [2.05, 4.69) is 0 Å². The SMILES string of the molecule is CN(C)C(Cl)(Cl)CCl. The van der Waals surface area contributed by atoms with Gasteiger partial charge in [0.1, 0.15) is 0 Å². The van der Waals surface area contributed by atoms with Gasteiger partial charge in [-0.2, -0.15) is 0 Å². The molecule has 0 saturated carbocycles. The van der Waals surface area contributed by atoms with Crippen LogP contribution in [0.25, 0.3) is 0 Å². The van der Waals surface area contributed by atoms with E-state index in [0.29, 0.717) is 0 Å². The summed E-state index contributed by atoms with van der Waals surface area (Å²) in [4.78, 5) is 1.64. The summed E-state index contributed by atoms with van der Waals surface area (Å²) in [6, 6.07) is 0. The third kappa shape index (κ3) is 2.40. The summed E-state index contributed by atoms with van der Waals surface area (Å²) in [5.74, 6) is 0.211. The molecule has 0 N–H and O–H groups in total. The Hall–Kier alpha value is 0.830. The maximum Gasteiger partial charge on any atom is 0.184 e. The lowest BCUT2D eigenvalue weighted by Crippen LogP contribution is -2.34. The van der Waals surface area contributed by atoms with Gasteiger partial charge >= 0.3 is 0 Å². The lowest BCUT2D eigenvalue weighted by atomic mass is 10.6. The zero-order valence-corrected chi connectivity index (χ0v) is 7.06. The van der Waals surface area contributed by atoms with Gasteiger partial charge in [0.05, 0.1) is 5.88 Å². The van der Waals surface area contributed by atoms with Crippen molar-refractivity contribution in [2.24, 2.45) is 0 Å². The fourth-order valence-electron chi connectivity index (χ4n) is 0.120. The van der Waals surface area contributed by atoms with E-state index in [1.807, 2.05) is 0 Å². The van der Waals surface area contributed by atoms with Crippen LogP contribution in [0.2, 0.25) is 0 Å². The first-order chi connectivity index (χ1) is 3.50. The largest absolute Gasteiger partial charge is 0.278 e. The molecule has 1 nitrogen and oxygen atoms in total. The molecule has 0 heterocycles. The van der Waals surface area contributed by atoms with Crippen molar-refractivity contribution in [2.75, 3.05) is 20.0 Å². The Morgan fingerprint density at radius 1 is 1.38 bits per heavy atom. The minimum Gasteiger partial charge on any atom is -0.278 e. The number of rotatable bonds is 2. The van der Waals surface area contributed by atoms with E-state index in [1.165, 1.54) is 0 Å². The van der Waals surface area contributed by atoms with Crippen molar-refractivity contribution >= 4 is 34.8 Å². The van der Waals surface area contributed by atoms with Gasteiger partial charge in [-0.1, -0.05) is 23.2 Å². The fourth-order valence-corrected chi connectivity index (χ4v) is 0.359. The van der Waals surface area contributed by atoms with Crippen molar-refractivity contribution in [1.82, 2.24) is 4.90 Å². The molecule has 0 saturated heterocycles. The lowest BCUT2D eigenvalue weighted by molar-refractivity contribution is 0.361. The molecule has 0 amide bonds. The molecule has 0 aliphatic carbocycles. The minimum absolute atomic E-state index is 0.211. The van der Waals surface area contributed by atoms with Gasteiger partial charge in [0.15, 0.2) is 4.46 Å². The van der Waals surface area contributed by atoms with Gasteiger partial charge < -0.3 is 0 Å². The van der Waals surface area contributed by atoms with Crippen molar-refractivity contribution in [1.29, 1.82) is 0 Å². The molecule has 0 aliphatic rings. The van der Waals surface area contributed by atoms with Crippen LogP contribution in [0.15, 0.2) is 0 Å². The Kier molecular flexibility index (Phi) is 3.44. The van der Waals surface area contributed by atoms with Crippen molar-refractivity contribution in [3.05, 3.63) is 0 Å². The highest BCUT2D eigenvalue weighted by Crippen LogP contribution is 2.23. The molecule has 0 aromatic heterocycles. The molecular weight excluding hydrogens is 168 g/mol. The second kappa shape index (κ2) is 3.11. The fraction of sp³-hybridized carbons (Fsp3) is 1.00. The topological polar surface area (TPSA) is 3.24 Å². The first-order valence-electron chi connectivity index (χ1n) is 2.12. The highest BCUT2D eigenvalue weighted by molar-refractivity contribution is 6.51. The Labute approximate surface area is 64.5 Å². The number of nitrogens with zero attached hydrogens (tertiary/aromatic N) is 1. The van der Waals surface area contributed by atoms with Crippen molar-refractivity contribution in [2.45, 2.75) is 4.46 Å². The van der Waals surface area contributed by atoms with Crippen LogP contribution in [0, 0.1) is 0 Å². The average molecular weight is 176 g/mol. The van der Waals surface area contributed by atoms with Crippen LogP contribution in [0.3, 0.4) is 0 Å². The van der Waals surface area contributed by atoms with E-state index < -0.39 is 4.46 Å². The van der Waals surface area contributed by atoms with Crippen LogP contribution in [-0.4, -0.2) is 29.3 Å². The Bertz CT molecular complexity index is 71.7. The Morgan fingerprint density at radius 2 is 1.75 bits per heavy atom. The molecular formula is C4H8Cl3N. The second-order valence-electron chi connectivity index (χ2n) is 1.69. The van der Waals surface area contributed by atoms with Crippen LogP contribution in [0.5, 0.6) is 0 Å². The molecule has 0 atom stereocenters. The molecule has 50 valence electrons. The normalized spacial score (nSPS) is 12.8. The van der Waals surface area contributed by atoms with Crippen LogP contribution in [0.4, 0.5) is 0 Å². The smallest absolute Gasteiger partial charge is 0.184 e. The van der Waals surface area contributed by atoms with Crippen LogP contribution < -0.4 is 0 Å². The van der Waals surface area contributed by atoms with Crippen molar-refractivity contribution < 1.29 is 0 Å². The summed E-state index contributed by atoms with van der Waals surface area (Å²) in [6.45, 7) is 0. The first-order valence-corrected chi connectivity index (χ1v) is 3.41. The maximum absolute atomic E-state index is 5.61. The molecule has 0 rings (SSSR count). The summed E-state index contributed by atoms with van der Waals surface area (Å²) in [6.07, 6.45) is 0. The monoisotopic (exact) mass is 175 g/mol. The van der Waals surface area contributed by atoms with E-state index >= 15 is 0 Å². The predicted octanol–water partition coefficient (Wildman–Crippen LogP) is 1.92. The molecule has 0 unspecified atom stereocenters. The van der Waals surface area contributed by atoms with Gasteiger partial charge in [-0.25, -0.2) is 0 Å². The molecule has 0 fully saturated rings. The van der Waals surface area contributed by atoms with Crippen molar-refractivity contribution in [3.8, 4) is 0 Å². The molecule has 4 heteroatoms. The van der Waals surface area contributed by atoms with Crippen LogP contribution >= 0.6 is 34.8 Å². The molecule has 0 spiro atoms. The lowest BCUT2D eigenvalue weighted by Gasteiger charge is -2.23. The minimum atomic E-state index is -0.915. The second-order valence-corrected chi connectivity index (χ2v) is 3.41. The summed E-state index contributed by atoms with van der Waals surface area (Å²) in [5, 5.41) is 0. The number of hydrogen-bond donors (Lipinski definition) is 0. The number of halogens is 3. The van der Waals surface area contributed by atoms with Crippen molar-refractivity contribution in [3.63, 3.8) is 0 Å². The zero-order valence-electron chi connectivity index (χ0n) is 4.79. The van der Waals surface area contributed by atoms with Gasteiger partial charge in [0, 0.05) is 0 Å². The van der Waals surface area contributed by atoms with Gasteiger partial charge in [-0.3, -0.25) is 4.90 Å². The van der Waals surface area contributed by atoms with E-state index in [1.54, 1.807) is 19.0 Å². The summed E-state index contributed by atoms with van der Waals surface area (Å²) in [7, 11) is 3.53. The van der Waals surface area contributed by atoms with Crippen LogP contribution in [0.1, 0.15) is 0 Å². The molecule has 8 heavy (non-hydrogen) atoms. The van der Waals surface area contributed by atoms with Gasteiger partial charge in [0.2, 0.25) is 0 Å². The summed E-state index contributed by atoms with van der Waals surface area (Å²) < 4.78 is -0.915. The quantitative estimate of drug-likeness (QED) is 0.459. The van der Waals surface area contributed by atoms with Crippen LogP contribution in [-0.2, 0) is 0 Å². The molecule has 0 aliphatic heterocycles. The third-order valence-corrected chi connectivity index (χ3v) is 2.42. The number of alkyl halides is 3.